The Kier molecular flexibility index (Phi) is 6.31. The minimum Gasteiger partial charge on any atom is -0.358 e. The molecule has 0 radical (unpaired) electrons. The molecule has 0 spiro atoms. The molecular formula is C17H22N3O2S+. The van der Waals surface area contributed by atoms with Crippen molar-refractivity contribution in [2.75, 3.05) is 20.1 Å². The zero-order chi connectivity index (χ0) is 16.7. The van der Waals surface area contributed by atoms with Crippen LogP contribution in [0.25, 0.3) is 0 Å². The first-order valence-corrected chi connectivity index (χ1v) is 8.38. The lowest BCUT2D eigenvalue weighted by Crippen LogP contribution is -2.87. The zero-order valence-corrected chi connectivity index (χ0v) is 14.2. The number of carbonyl (C=O) groups excluding carboxylic acids is 2. The number of likely N-dealkylation sites (N-methyl/N-ethyl adjacent to an activating group) is 1. The summed E-state index contributed by atoms with van der Waals surface area (Å²) in [5, 5.41) is 9.13. The fraction of sp³-hybridized carbons (Fsp3) is 0.294. The van der Waals surface area contributed by atoms with E-state index < -0.39 is 0 Å². The van der Waals surface area contributed by atoms with Gasteiger partial charge < -0.3 is 16.0 Å². The molecule has 6 heteroatoms. The Labute approximate surface area is 140 Å². The largest absolute Gasteiger partial charge is 0.358 e. The number of hydrogen-bond donors (Lipinski definition) is 3. The second-order valence-electron chi connectivity index (χ2n) is 5.29. The molecule has 23 heavy (non-hydrogen) atoms. The predicted octanol–water partition coefficient (Wildman–Crippen LogP) is 0.572. The maximum Gasteiger partial charge on any atom is 0.275 e. The standard InChI is InChI=1S/C17H21N3O2S/c1-12-5-7-13(8-6-12)17(14-4-3-9-23-14)20-11-16(22)19-10-15(21)18-2/h3-9,17,20H,10-11H2,1-2H3,(H,18,21)(H,19,22)/p+1/t17-/m0/s1. The van der Waals surface area contributed by atoms with Crippen molar-refractivity contribution in [1.82, 2.24) is 10.6 Å². The third-order valence-corrected chi connectivity index (χ3v) is 4.51. The van der Waals surface area contributed by atoms with E-state index in [9.17, 15) is 9.59 Å². The SMILES string of the molecule is CNC(=O)CNC(=O)C[NH2+][C@@H](c1ccc(C)cc1)c1cccs1. The molecule has 1 heterocycles. The molecule has 2 aromatic rings. The summed E-state index contributed by atoms with van der Waals surface area (Å²) >= 11 is 1.68. The molecule has 0 saturated carbocycles. The van der Waals surface area contributed by atoms with Crippen molar-refractivity contribution in [2.45, 2.75) is 13.0 Å². The normalized spacial score (nSPS) is 11.7. The number of rotatable bonds is 7. The van der Waals surface area contributed by atoms with Crippen LogP contribution in [0.3, 0.4) is 0 Å². The van der Waals surface area contributed by atoms with Gasteiger partial charge in [-0.1, -0.05) is 35.9 Å². The van der Waals surface area contributed by atoms with Crippen molar-refractivity contribution in [3.8, 4) is 0 Å². The first kappa shape index (κ1) is 17.2. The second kappa shape index (κ2) is 8.45. The quantitative estimate of drug-likeness (QED) is 0.693. The number of aryl methyl sites for hydroxylation is 1. The van der Waals surface area contributed by atoms with Gasteiger partial charge in [0.05, 0.1) is 11.4 Å². The minimum atomic E-state index is -0.202. The van der Waals surface area contributed by atoms with Crippen molar-refractivity contribution in [1.29, 1.82) is 0 Å². The lowest BCUT2D eigenvalue weighted by molar-refractivity contribution is -0.676. The highest BCUT2D eigenvalue weighted by Crippen LogP contribution is 2.22. The summed E-state index contributed by atoms with van der Waals surface area (Å²) in [6.45, 7) is 2.34. The van der Waals surface area contributed by atoms with E-state index >= 15 is 0 Å². The number of amides is 2. The van der Waals surface area contributed by atoms with E-state index in [0.717, 1.165) is 5.56 Å². The molecule has 0 aliphatic rings. The summed E-state index contributed by atoms with van der Waals surface area (Å²) in [4.78, 5) is 24.3. The summed E-state index contributed by atoms with van der Waals surface area (Å²) in [5.74, 6) is -0.353. The van der Waals surface area contributed by atoms with Crippen LogP contribution in [0.15, 0.2) is 41.8 Å². The third kappa shape index (κ3) is 5.19. The van der Waals surface area contributed by atoms with Gasteiger partial charge in [0.25, 0.3) is 5.91 Å². The number of nitrogens with one attached hydrogen (secondary N) is 2. The number of quaternary nitrogens is 1. The topological polar surface area (TPSA) is 74.8 Å². The molecule has 122 valence electrons. The van der Waals surface area contributed by atoms with Crippen molar-refractivity contribution in [3.05, 3.63) is 57.8 Å². The van der Waals surface area contributed by atoms with Crippen molar-refractivity contribution < 1.29 is 14.9 Å². The third-order valence-electron chi connectivity index (χ3n) is 3.55. The average Bonchev–Trinajstić information content (AvgIpc) is 3.08. The van der Waals surface area contributed by atoms with Crippen LogP contribution in [-0.2, 0) is 9.59 Å². The summed E-state index contributed by atoms with van der Waals surface area (Å²) in [6, 6.07) is 12.5. The van der Waals surface area contributed by atoms with E-state index in [1.807, 2.05) is 16.8 Å². The Balaban J connectivity index is 2.00. The monoisotopic (exact) mass is 332 g/mol. The average molecular weight is 332 g/mol. The van der Waals surface area contributed by atoms with Crippen molar-refractivity contribution in [2.24, 2.45) is 0 Å². The van der Waals surface area contributed by atoms with E-state index in [-0.39, 0.29) is 30.9 Å². The number of benzene rings is 1. The lowest BCUT2D eigenvalue weighted by atomic mass is 10.0. The minimum absolute atomic E-state index is 0.0113. The Morgan fingerprint density at radius 3 is 2.52 bits per heavy atom. The van der Waals surface area contributed by atoms with Crippen LogP contribution >= 0.6 is 11.3 Å². The van der Waals surface area contributed by atoms with Crippen LogP contribution in [0.2, 0.25) is 0 Å². The molecule has 1 aromatic carbocycles. The first-order chi connectivity index (χ1) is 11.1. The number of carbonyl (C=O) groups is 2. The van der Waals surface area contributed by atoms with Gasteiger partial charge in [-0.25, -0.2) is 0 Å². The highest BCUT2D eigenvalue weighted by Gasteiger charge is 2.20. The Morgan fingerprint density at radius 1 is 1.17 bits per heavy atom. The second-order valence-corrected chi connectivity index (χ2v) is 6.27. The molecule has 2 rings (SSSR count). The highest BCUT2D eigenvalue weighted by atomic mass is 32.1. The maximum atomic E-state index is 11.9. The first-order valence-electron chi connectivity index (χ1n) is 7.50. The van der Waals surface area contributed by atoms with Gasteiger partial charge in [0.2, 0.25) is 5.91 Å². The van der Waals surface area contributed by atoms with Crippen LogP contribution in [0.4, 0.5) is 0 Å². The van der Waals surface area contributed by atoms with E-state index in [1.165, 1.54) is 10.4 Å². The van der Waals surface area contributed by atoms with Crippen LogP contribution < -0.4 is 16.0 Å². The molecule has 0 aliphatic heterocycles. The summed E-state index contributed by atoms with van der Waals surface area (Å²) in [6.07, 6.45) is 0. The van der Waals surface area contributed by atoms with E-state index in [0.29, 0.717) is 0 Å². The molecule has 0 bridgehead atoms. The van der Waals surface area contributed by atoms with Crippen LogP contribution in [0, 0.1) is 6.92 Å². The lowest BCUT2D eigenvalue weighted by Gasteiger charge is -2.15. The summed E-state index contributed by atoms with van der Waals surface area (Å²) in [5.41, 5.74) is 2.37. The van der Waals surface area contributed by atoms with Gasteiger partial charge >= 0.3 is 0 Å². The van der Waals surface area contributed by atoms with Gasteiger partial charge in [0, 0.05) is 12.6 Å². The molecule has 0 aliphatic carbocycles. The van der Waals surface area contributed by atoms with E-state index in [4.69, 9.17) is 0 Å². The highest BCUT2D eigenvalue weighted by molar-refractivity contribution is 7.10. The van der Waals surface area contributed by atoms with Gasteiger partial charge in [-0.05, 0) is 18.4 Å². The Hall–Kier alpha value is -2.18. The predicted molar refractivity (Wildman–Crippen MR) is 91.2 cm³/mol. The van der Waals surface area contributed by atoms with Gasteiger partial charge in [-0.2, -0.15) is 0 Å². The van der Waals surface area contributed by atoms with E-state index in [2.05, 4.69) is 47.9 Å². The molecule has 5 nitrogen and oxygen atoms in total. The number of hydrogen-bond acceptors (Lipinski definition) is 3. The zero-order valence-electron chi connectivity index (χ0n) is 13.3. The fourth-order valence-corrected chi connectivity index (χ4v) is 3.07. The number of thiophene rings is 1. The van der Waals surface area contributed by atoms with E-state index in [1.54, 1.807) is 18.4 Å². The Morgan fingerprint density at radius 2 is 1.91 bits per heavy atom. The molecule has 0 saturated heterocycles. The summed E-state index contributed by atoms with van der Waals surface area (Å²) in [7, 11) is 1.55. The van der Waals surface area contributed by atoms with Crippen LogP contribution in [-0.4, -0.2) is 32.0 Å². The van der Waals surface area contributed by atoms with Gasteiger partial charge in [0.15, 0.2) is 6.54 Å². The smallest absolute Gasteiger partial charge is 0.275 e. The van der Waals surface area contributed by atoms with Gasteiger partial charge in [-0.3, -0.25) is 9.59 Å². The molecule has 2 amide bonds. The molecular weight excluding hydrogens is 310 g/mol. The van der Waals surface area contributed by atoms with Gasteiger partial charge in [-0.15, -0.1) is 11.3 Å². The molecule has 4 N–H and O–H groups in total. The van der Waals surface area contributed by atoms with Crippen LogP contribution in [0.1, 0.15) is 22.0 Å². The molecule has 1 atom stereocenters. The van der Waals surface area contributed by atoms with Crippen molar-refractivity contribution in [3.63, 3.8) is 0 Å². The van der Waals surface area contributed by atoms with Crippen LogP contribution in [0.5, 0.6) is 0 Å². The molecule has 0 unspecified atom stereocenters. The van der Waals surface area contributed by atoms with Gasteiger partial charge in [0.1, 0.15) is 6.04 Å². The van der Waals surface area contributed by atoms with Crippen molar-refractivity contribution >= 4 is 23.2 Å². The number of nitrogens with two attached hydrogens (primary N) is 1. The fourth-order valence-electron chi connectivity index (χ4n) is 2.22. The maximum absolute atomic E-state index is 11.9. The summed E-state index contributed by atoms with van der Waals surface area (Å²) < 4.78 is 0. The molecule has 1 aromatic heterocycles. The molecule has 0 fully saturated rings. The Bertz CT molecular complexity index is 638.